The van der Waals surface area contributed by atoms with Gasteiger partial charge in [-0.05, 0) is 18.2 Å². The molecule has 0 aliphatic heterocycles. The Morgan fingerprint density at radius 2 is 1.52 bits per heavy atom. The first-order chi connectivity index (χ1) is 12.9. The fraction of sp³-hybridized carbons (Fsp3) is 0.250. The van der Waals surface area contributed by atoms with Crippen molar-refractivity contribution in [2.24, 2.45) is 0 Å². The number of likely N-dealkylation sites (N-methyl/N-ethyl adjacent to an activating group) is 1. The van der Waals surface area contributed by atoms with Gasteiger partial charge in [-0.15, -0.1) is 0 Å². The molecule has 0 aliphatic rings. The van der Waals surface area contributed by atoms with Crippen molar-refractivity contribution in [3.63, 3.8) is 0 Å². The van der Waals surface area contributed by atoms with E-state index in [0.717, 1.165) is 25.5 Å². The van der Waals surface area contributed by atoms with Crippen LogP contribution in [0.4, 0.5) is 5.82 Å². The van der Waals surface area contributed by atoms with Gasteiger partial charge in [-0.25, -0.2) is 4.98 Å². The van der Waals surface area contributed by atoms with Crippen molar-refractivity contribution in [1.82, 2.24) is 4.98 Å². The van der Waals surface area contributed by atoms with Crippen LogP contribution in [0.5, 0.6) is 0 Å². The van der Waals surface area contributed by atoms with Gasteiger partial charge in [0.25, 0.3) is 0 Å². The summed E-state index contributed by atoms with van der Waals surface area (Å²) >= 11 is 0. The Balaban J connectivity index is 0.000000387. The highest BCUT2D eigenvalue weighted by Gasteiger charge is 2.15. The zero-order chi connectivity index (χ0) is 20.1. The zero-order valence-corrected chi connectivity index (χ0v) is 15.6. The summed E-state index contributed by atoms with van der Waals surface area (Å²) in [4.78, 5) is 26.2. The number of hydrogen-bond donors (Lipinski definition) is 2. The minimum Gasteiger partial charge on any atom is -0.545 e. The highest BCUT2D eigenvalue weighted by Crippen LogP contribution is 1.99. The molecule has 27 heavy (non-hydrogen) atoms. The third-order valence-corrected chi connectivity index (χ3v) is 3.57. The van der Waals surface area contributed by atoms with Crippen molar-refractivity contribution in [3.05, 3.63) is 72.4 Å². The predicted molar refractivity (Wildman–Crippen MR) is 96.7 cm³/mol. The number of nitrogens with one attached hydrogen (secondary N) is 2. The molecule has 1 atom stereocenters. The van der Waals surface area contributed by atoms with Gasteiger partial charge in [0.1, 0.15) is 19.6 Å². The number of nitrogens with zero attached hydrogens (tertiary/aromatic N) is 1. The van der Waals surface area contributed by atoms with E-state index in [1.807, 2.05) is 12.3 Å². The molecule has 144 valence electrons. The first-order valence-corrected chi connectivity index (χ1v) is 8.57. The van der Waals surface area contributed by atoms with E-state index in [1.54, 1.807) is 0 Å². The fourth-order valence-corrected chi connectivity index (χ4v) is 2.26. The van der Waals surface area contributed by atoms with Gasteiger partial charge in [0.05, 0.1) is 26.0 Å². The second-order valence-electron chi connectivity index (χ2n) is 6.16. The summed E-state index contributed by atoms with van der Waals surface area (Å²) in [7, 11) is 4.39. The Kier molecular flexibility index (Phi) is 10.1. The monoisotopic (exact) mass is 371 g/mol. The van der Waals surface area contributed by atoms with Crippen molar-refractivity contribution < 1.29 is 29.6 Å². The Morgan fingerprint density at radius 3 is 2.00 bits per heavy atom. The third-order valence-electron chi connectivity index (χ3n) is 3.57. The molecule has 1 heterocycles. The minimum absolute atomic E-state index is 0.384. The van der Waals surface area contributed by atoms with Crippen LogP contribution in [-0.4, -0.2) is 44.1 Å². The fourth-order valence-electron chi connectivity index (χ4n) is 2.26. The summed E-state index contributed by atoms with van der Waals surface area (Å²) in [5, 5.41) is 18.8. The van der Waals surface area contributed by atoms with Gasteiger partial charge >= 0.3 is 0 Å². The molecular weight excluding hydrogens is 346 g/mol. The lowest BCUT2D eigenvalue weighted by Gasteiger charge is -2.18. The molecule has 0 saturated carbocycles. The van der Waals surface area contributed by atoms with Crippen LogP contribution < -0.4 is 20.0 Å². The van der Waals surface area contributed by atoms with E-state index < -0.39 is 11.9 Å². The largest absolute Gasteiger partial charge is 0.545 e. The third kappa shape index (κ3) is 10.5. The molecule has 0 saturated heterocycles. The molecular formula is C20H25N3O4. The number of carboxylic acid groups (broad SMARTS) is 2. The van der Waals surface area contributed by atoms with E-state index >= 15 is 0 Å². The Hall–Kier alpha value is -3.03. The lowest BCUT2D eigenvalue weighted by molar-refractivity contribution is -0.914. The first kappa shape index (κ1) is 22.0. The molecule has 2 N–H and O–H groups in total. The molecule has 0 bridgehead atoms. The van der Waals surface area contributed by atoms with Crippen LogP contribution in [0.15, 0.2) is 66.9 Å². The van der Waals surface area contributed by atoms with Gasteiger partial charge in [-0.3, -0.25) is 4.90 Å². The number of carboxylic acids is 2. The molecule has 1 aromatic carbocycles. The normalized spacial score (nSPS) is 11.7. The number of quaternary nitrogens is 2. The van der Waals surface area contributed by atoms with Crippen molar-refractivity contribution >= 4 is 17.8 Å². The van der Waals surface area contributed by atoms with E-state index in [9.17, 15) is 19.8 Å². The van der Waals surface area contributed by atoms with E-state index in [0.29, 0.717) is 12.2 Å². The van der Waals surface area contributed by atoms with Crippen molar-refractivity contribution in [2.45, 2.75) is 6.54 Å². The number of rotatable bonds is 8. The molecule has 0 spiro atoms. The second-order valence-corrected chi connectivity index (χ2v) is 6.16. The Morgan fingerprint density at radius 1 is 0.926 bits per heavy atom. The quantitative estimate of drug-likeness (QED) is 0.481. The molecule has 1 aromatic heterocycles. The molecule has 1 unspecified atom stereocenters. The van der Waals surface area contributed by atoms with Crippen molar-refractivity contribution in [3.8, 4) is 0 Å². The van der Waals surface area contributed by atoms with Crippen LogP contribution in [0.2, 0.25) is 0 Å². The van der Waals surface area contributed by atoms with E-state index in [1.165, 1.54) is 15.4 Å². The van der Waals surface area contributed by atoms with Crippen LogP contribution in [-0.2, 0) is 16.1 Å². The molecule has 7 nitrogen and oxygen atoms in total. The summed E-state index contributed by atoms with van der Waals surface area (Å²) in [6.45, 7) is 3.22. The number of carbonyl (C=O) groups excluding carboxylic acids is 2. The first-order valence-electron chi connectivity index (χ1n) is 8.57. The Labute approximate surface area is 159 Å². The molecule has 0 aliphatic carbocycles. The molecule has 2 aromatic rings. The van der Waals surface area contributed by atoms with Gasteiger partial charge in [0.2, 0.25) is 5.82 Å². The predicted octanol–water partition coefficient (Wildman–Crippen LogP) is -3.01. The number of aromatic nitrogens is 1. The topological polar surface area (TPSA) is 102 Å². The van der Waals surface area contributed by atoms with Gasteiger partial charge in [-0.2, -0.15) is 0 Å². The Bertz CT molecular complexity index is 703. The number of aliphatic carboxylic acids is 2. The number of pyridine rings is 1. The molecule has 0 amide bonds. The maximum absolute atomic E-state index is 9.41. The average molecular weight is 371 g/mol. The average Bonchev–Trinajstić information content (AvgIpc) is 2.65. The summed E-state index contributed by atoms with van der Waals surface area (Å²) in [5.41, 5.74) is 1.36. The molecule has 0 fully saturated rings. The maximum Gasteiger partial charge on any atom is 0.226 e. The van der Waals surface area contributed by atoms with E-state index in [-0.39, 0.29) is 0 Å². The summed E-state index contributed by atoms with van der Waals surface area (Å²) in [5.74, 6) is -1.96. The number of hydrogen-bond acceptors (Lipinski definition) is 5. The second kappa shape index (κ2) is 12.3. The summed E-state index contributed by atoms with van der Waals surface area (Å²) in [6, 6.07) is 16.8. The highest BCUT2D eigenvalue weighted by atomic mass is 16.4. The number of carbonyl (C=O) groups is 2. The van der Waals surface area contributed by atoms with Crippen LogP contribution in [0.3, 0.4) is 0 Å². The zero-order valence-electron chi connectivity index (χ0n) is 15.6. The lowest BCUT2D eigenvalue weighted by atomic mass is 10.2. The minimum atomic E-state index is -1.55. The SMILES string of the molecule is C[NH+](C)CC[NH+](Cc1ccccc1)c1ccccn1.O=C([O-])/C=C\C(=O)[O-]. The molecule has 7 heteroatoms. The van der Waals surface area contributed by atoms with Gasteiger partial charge in [-0.1, -0.05) is 36.4 Å². The highest BCUT2D eigenvalue weighted by molar-refractivity contribution is 5.87. The van der Waals surface area contributed by atoms with Crippen LogP contribution in [0.1, 0.15) is 5.56 Å². The van der Waals surface area contributed by atoms with Crippen molar-refractivity contribution in [2.75, 3.05) is 27.2 Å². The van der Waals surface area contributed by atoms with Gasteiger partial charge in [0, 0.05) is 17.8 Å². The standard InChI is InChI=1S/C16H21N3.C4H4O4/c1-18(2)12-13-19(16-10-6-7-11-17-16)14-15-8-4-3-5-9-15;5-3(6)1-2-4(7)8/h3-11H,12-14H2,1-2H3;1-2H,(H,5,6)(H,7,8)/b;2-1-. The maximum atomic E-state index is 9.41. The number of benzene rings is 1. The van der Waals surface area contributed by atoms with E-state index in [4.69, 9.17) is 0 Å². The van der Waals surface area contributed by atoms with Gasteiger partial charge in [0.15, 0.2) is 0 Å². The van der Waals surface area contributed by atoms with Crippen LogP contribution in [0, 0.1) is 0 Å². The smallest absolute Gasteiger partial charge is 0.226 e. The summed E-state index contributed by atoms with van der Waals surface area (Å²) < 4.78 is 0. The van der Waals surface area contributed by atoms with Gasteiger partial charge < -0.3 is 24.7 Å². The van der Waals surface area contributed by atoms with E-state index in [2.05, 4.69) is 61.5 Å². The summed E-state index contributed by atoms with van der Waals surface area (Å²) in [6.07, 6.45) is 2.65. The van der Waals surface area contributed by atoms with Crippen LogP contribution >= 0.6 is 0 Å². The molecule has 2 rings (SSSR count). The van der Waals surface area contributed by atoms with Crippen LogP contribution in [0.25, 0.3) is 0 Å². The van der Waals surface area contributed by atoms with Crippen molar-refractivity contribution in [1.29, 1.82) is 0 Å². The molecule has 0 radical (unpaired) electrons. The lowest BCUT2D eigenvalue weighted by Crippen LogP contribution is -3.15.